The van der Waals surface area contributed by atoms with Crippen molar-refractivity contribution in [1.82, 2.24) is 0 Å². The molecular weight excluding hydrogens is 230 g/mol. The molecule has 1 aromatic rings. The Hall–Kier alpha value is -1.89. The van der Waals surface area contributed by atoms with Crippen LogP contribution in [0.3, 0.4) is 0 Å². The van der Waals surface area contributed by atoms with Crippen LogP contribution in [0, 0.1) is 17.2 Å². The van der Waals surface area contributed by atoms with Gasteiger partial charge in [0.05, 0.1) is 33.3 Å². The Labute approximate surface area is 107 Å². The lowest BCUT2D eigenvalue weighted by Crippen LogP contribution is -2.09. The fourth-order valence-corrected chi connectivity index (χ4v) is 2.40. The summed E-state index contributed by atoms with van der Waals surface area (Å²) in [6.07, 6.45) is 0.836. The average molecular weight is 247 g/mol. The zero-order valence-corrected chi connectivity index (χ0v) is 11.1. The van der Waals surface area contributed by atoms with Crippen LogP contribution in [0.4, 0.5) is 0 Å². The van der Waals surface area contributed by atoms with Crippen LogP contribution >= 0.6 is 0 Å². The van der Waals surface area contributed by atoms with Gasteiger partial charge in [-0.2, -0.15) is 5.26 Å². The van der Waals surface area contributed by atoms with E-state index in [1.165, 1.54) is 0 Å². The Morgan fingerprint density at radius 2 is 1.72 bits per heavy atom. The van der Waals surface area contributed by atoms with Crippen LogP contribution in [-0.4, -0.2) is 21.3 Å². The van der Waals surface area contributed by atoms with E-state index in [0.29, 0.717) is 17.2 Å². The van der Waals surface area contributed by atoms with E-state index in [-0.39, 0.29) is 11.3 Å². The summed E-state index contributed by atoms with van der Waals surface area (Å²) in [5, 5.41) is 9.07. The maximum atomic E-state index is 9.07. The molecule has 0 aliphatic heterocycles. The zero-order chi connectivity index (χ0) is 13.3. The molecule has 4 nitrogen and oxygen atoms in total. The van der Waals surface area contributed by atoms with Gasteiger partial charge >= 0.3 is 0 Å². The van der Waals surface area contributed by atoms with Crippen LogP contribution in [0.25, 0.3) is 0 Å². The third kappa shape index (κ3) is 1.76. The van der Waals surface area contributed by atoms with Crippen molar-refractivity contribution in [2.45, 2.75) is 18.8 Å². The van der Waals surface area contributed by atoms with Crippen molar-refractivity contribution in [2.75, 3.05) is 21.3 Å². The standard InChI is InChI=1S/C14H17NO3/c1-14(7-9(14)8-15)13-11(17-3)5-10(16-2)6-12(13)18-4/h5-6,9H,7H2,1-4H3. The SMILES string of the molecule is COc1cc(OC)c(C2(C)CC2C#N)c(OC)c1. The summed E-state index contributed by atoms with van der Waals surface area (Å²) in [5.41, 5.74) is 0.775. The first-order valence-electron chi connectivity index (χ1n) is 5.80. The largest absolute Gasteiger partial charge is 0.496 e. The van der Waals surface area contributed by atoms with Gasteiger partial charge in [0.1, 0.15) is 17.2 Å². The summed E-state index contributed by atoms with van der Waals surface area (Å²) in [7, 11) is 4.83. The van der Waals surface area contributed by atoms with Crippen LogP contribution in [0.1, 0.15) is 18.9 Å². The van der Waals surface area contributed by atoms with Gasteiger partial charge in [-0.3, -0.25) is 0 Å². The third-order valence-corrected chi connectivity index (χ3v) is 3.68. The van der Waals surface area contributed by atoms with Gasteiger partial charge in [-0.15, -0.1) is 0 Å². The summed E-state index contributed by atoms with van der Waals surface area (Å²) >= 11 is 0. The van der Waals surface area contributed by atoms with E-state index in [1.54, 1.807) is 21.3 Å². The molecule has 96 valence electrons. The van der Waals surface area contributed by atoms with E-state index in [1.807, 2.05) is 12.1 Å². The molecule has 2 atom stereocenters. The lowest BCUT2D eigenvalue weighted by atomic mass is 9.93. The highest BCUT2D eigenvalue weighted by atomic mass is 16.5. The van der Waals surface area contributed by atoms with Gasteiger partial charge < -0.3 is 14.2 Å². The van der Waals surface area contributed by atoms with Crippen molar-refractivity contribution in [3.8, 4) is 23.3 Å². The molecule has 2 rings (SSSR count). The second-order valence-electron chi connectivity index (χ2n) is 4.71. The molecule has 0 amide bonds. The van der Waals surface area contributed by atoms with Crippen molar-refractivity contribution in [3.63, 3.8) is 0 Å². The summed E-state index contributed by atoms with van der Waals surface area (Å²) in [4.78, 5) is 0. The molecule has 0 spiro atoms. The molecule has 0 bridgehead atoms. The number of benzene rings is 1. The Kier molecular flexibility index (Phi) is 3.08. The monoisotopic (exact) mass is 247 g/mol. The van der Waals surface area contributed by atoms with Crippen molar-refractivity contribution < 1.29 is 14.2 Å². The normalized spacial score (nSPS) is 25.2. The van der Waals surface area contributed by atoms with E-state index >= 15 is 0 Å². The Balaban J connectivity index is 2.56. The van der Waals surface area contributed by atoms with Crippen LogP contribution < -0.4 is 14.2 Å². The lowest BCUT2D eigenvalue weighted by Gasteiger charge is -2.19. The molecule has 0 radical (unpaired) electrons. The molecule has 2 unspecified atom stereocenters. The molecule has 1 aromatic carbocycles. The van der Waals surface area contributed by atoms with Gasteiger partial charge in [0.25, 0.3) is 0 Å². The first kappa shape index (κ1) is 12.6. The van der Waals surface area contributed by atoms with E-state index in [0.717, 1.165) is 12.0 Å². The van der Waals surface area contributed by atoms with Crippen LogP contribution in [-0.2, 0) is 5.41 Å². The number of rotatable bonds is 4. The number of ether oxygens (including phenoxy) is 3. The topological polar surface area (TPSA) is 51.5 Å². The molecular formula is C14H17NO3. The fraction of sp³-hybridized carbons (Fsp3) is 0.500. The highest BCUT2D eigenvalue weighted by molar-refractivity contribution is 5.57. The molecule has 0 heterocycles. The molecule has 1 aliphatic carbocycles. The molecule has 0 N–H and O–H groups in total. The van der Waals surface area contributed by atoms with Crippen molar-refractivity contribution in [2.24, 2.45) is 5.92 Å². The Morgan fingerprint density at radius 1 is 1.17 bits per heavy atom. The molecule has 18 heavy (non-hydrogen) atoms. The summed E-state index contributed by atoms with van der Waals surface area (Å²) in [5.74, 6) is 2.14. The predicted molar refractivity (Wildman–Crippen MR) is 67.2 cm³/mol. The van der Waals surface area contributed by atoms with Gasteiger partial charge in [0, 0.05) is 23.1 Å². The number of nitrogens with zero attached hydrogens (tertiary/aromatic N) is 1. The van der Waals surface area contributed by atoms with Crippen molar-refractivity contribution in [3.05, 3.63) is 17.7 Å². The Morgan fingerprint density at radius 3 is 2.06 bits per heavy atom. The van der Waals surface area contributed by atoms with Gasteiger partial charge in [0.2, 0.25) is 0 Å². The highest BCUT2D eigenvalue weighted by Crippen LogP contribution is 2.59. The zero-order valence-electron chi connectivity index (χ0n) is 11.1. The number of hydrogen-bond donors (Lipinski definition) is 0. The molecule has 1 aliphatic rings. The third-order valence-electron chi connectivity index (χ3n) is 3.68. The number of hydrogen-bond acceptors (Lipinski definition) is 4. The fourth-order valence-electron chi connectivity index (χ4n) is 2.40. The molecule has 0 saturated heterocycles. The predicted octanol–water partition coefficient (Wildman–Crippen LogP) is 2.51. The van der Waals surface area contributed by atoms with Crippen molar-refractivity contribution in [1.29, 1.82) is 5.26 Å². The van der Waals surface area contributed by atoms with Gasteiger partial charge in [-0.25, -0.2) is 0 Å². The summed E-state index contributed by atoms with van der Waals surface area (Å²) in [6.45, 7) is 2.06. The van der Waals surface area contributed by atoms with Gasteiger partial charge in [-0.1, -0.05) is 6.92 Å². The minimum absolute atomic E-state index is 0.0219. The smallest absolute Gasteiger partial charge is 0.130 e. The molecule has 1 saturated carbocycles. The highest BCUT2D eigenvalue weighted by Gasteiger charge is 2.55. The number of methoxy groups -OCH3 is 3. The van der Waals surface area contributed by atoms with Gasteiger partial charge in [-0.05, 0) is 6.42 Å². The van der Waals surface area contributed by atoms with E-state index in [4.69, 9.17) is 19.5 Å². The minimum Gasteiger partial charge on any atom is -0.496 e. The quantitative estimate of drug-likeness (QED) is 0.820. The number of nitriles is 1. The minimum atomic E-state index is -0.183. The van der Waals surface area contributed by atoms with Crippen molar-refractivity contribution >= 4 is 0 Å². The van der Waals surface area contributed by atoms with Crippen LogP contribution in [0.15, 0.2) is 12.1 Å². The van der Waals surface area contributed by atoms with Crippen LogP contribution in [0.2, 0.25) is 0 Å². The van der Waals surface area contributed by atoms with E-state index < -0.39 is 0 Å². The van der Waals surface area contributed by atoms with Gasteiger partial charge in [0.15, 0.2) is 0 Å². The van der Waals surface area contributed by atoms with E-state index in [9.17, 15) is 0 Å². The first-order chi connectivity index (χ1) is 8.60. The second kappa shape index (κ2) is 4.41. The average Bonchev–Trinajstić information content (AvgIpc) is 3.08. The summed E-state index contributed by atoms with van der Waals surface area (Å²) < 4.78 is 16.1. The summed E-state index contributed by atoms with van der Waals surface area (Å²) in [6, 6.07) is 5.98. The second-order valence-corrected chi connectivity index (χ2v) is 4.71. The molecule has 4 heteroatoms. The molecule has 0 aromatic heterocycles. The lowest BCUT2D eigenvalue weighted by molar-refractivity contribution is 0.362. The maximum absolute atomic E-state index is 9.07. The van der Waals surface area contributed by atoms with Crippen LogP contribution in [0.5, 0.6) is 17.2 Å². The first-order valence-corrected chi connectivity index (χ1v) is 5.80. The Bertz CT molecular complexity index is 481. The maximum Gasteiger partial charge on any atom is 0.130 e. The molecule has 1 fully saturated rings. The van der Waals surface area contributed by atoms with E-state index in [2.05, 4.69) is 13.0 Å².